The van der Waals surface area contributed by atoms with Gasteiger partial charge in [0, 0.05) is 0 Å². The van der Waals surface area contributed by atoms with Crippen molar-refractivity contribution in [1.82, 2.24) is 0 Å². The van der Waals surface area contributed by atoms with Crippen LogP contribution >= 0.6 is 0 Å². The third-order valence-electron chi connectivity index (χ3n) is 2.24. The Bertz CT molecular complexity index is 529. The van der Waals surface area contributed by atoms with Crippen LogP contribution in [0, 0.1) is 0 Å². The third-order valence-corrected chi connectivity index (χ3v) is 3.56. The molecule has 0 heterocycles. The molecule has 4 nitrogen and oxygen atoms in total. The highest BCUT2D eigenvalue weighted by molar-refractivity contribution is 7.87. The quantitative estimate of drug-likeness (QED) is 0.472. The fraction of sp³-hybridized carbons (Fsp3) is 1.00. The molecule has 0 aromatic heterocycles. The molecule has 23 heavy (non-hydrogen) atoms. The van der Waals surface area contributed by atoms with Crippen molar-refractivity contribution in [3.8, 4) is 0 Å². The van der Waals surface area contributed by atoms with Crippen molar-refractivity contribution in [3.63, 3.8) is 0 Å². The molecule has 0 amide bonds. The summed E-state index contributed by atoms with van der Waals surface area (Å²) in [4.78, 5) is 0. The normalized spacial score (nSPS) is 17.9. The highest BCUT2D eigenvalue weighted by atomic mass is 32.2. The van der Waals surface area contributed by atoms with Gasteiger partial charge in [-0.05, 0) is 6.92 Å². The van der Waals surface area contributed by atoms with Gasteiger partial charge in [0.1, 0.15) is 6.67 Å². The zero-order chi connectivity index (χ0) is 19.1. The number of rotatable bonds is 8. The molecular weight excluding hydrogens is 382 g/mol. The lowest BCUT2D eigenvalue weighted by Crippen LogP contribution is -2.66. The molecule has 0 aliphatic rings. The van der Waals surface area contributed by atoms with Crippen molar-refractivity contribution >= 4 is 10.1 Å². The van der Waals surface area contributed by atoms with Crippen LogP contribution in [0.3, 0.4) is 0 Å². The minimum atomic E-state index is -7.31. The molecule has 15 heteroatoms. The smallest absolute Gasteiger partial charge is 0.275 e. The van der Waals surface area contributed by atoms with Crippen molar-refractivity contribution in [2.45, 2.75) is 36.0 Å². The van der Waals surface area contributed by atoms with Crippen molar-refractivity contribution in [1.29, 1.82) is 0 Å². The van der Waals surface area contributed by atoms with E-state index in [-0.39, 0.29) is 14.0 Å². The summed E-state index contributed by atoms with van der Waals surface area (Å²) >= 11 is 0. The molecule has 1 atom stereocenters. The van der Waals surface area contributed by atoms with E-state index >= 15 is 0 Å². The Morgan fingerprint density at radius 3 is 1.57 bits per heavy atom. The zero-order valence-electron chi connectivity index (χ0n) is 11.0. The van der Waals surface area contributed by atoms with Gasteiger partial charge < -0.3 is 0 Å². The number of halogens is 10. The van der Waals surface area contributed by atoms with Gasteiger partial charge in [0.25, 0.3) is 0 Å². The first-order valence-electron chi connectivity index (χ1n) is 5.09. The largest absolute Gasteiger partial charge is 0.438 e. The molecule has 0 rings (SSSR count). The molecule has 0 saturated heterocycles. The van der Waals surface area contributed by atoms with Crippen LogP contribution in [-0.2, 0) is 19.0 Å². The number of ether oxygens (including phenoxy) is 1. The maximum atomic E-state index is 13.1. The van der Waals surface area contributed by atoms with E-state index in [1.54, 1.807) is 0 Å². The van der Waals surface area contributed by atoms with E-state index in [4.69, 9.17) is 0 Å². The minimum absolute atomic E-state index is 0.131. The van der Waals surface area contributed by atoms with E-state index in [0.717, 1.165) is 0 Å². The van der Waals surface area contributed by atoms with Gasteiger partial charge in [0.05, 0.1) is 7.11 Å². The van der Waals surface area contributed by atoms with E-state index in [0.29, 0.717) is 0 Å². The van der Waals surface area contributed by atoms with Crippen LogP contribution in [0.15, 0.2) is 0 Å². The van der Waals surface area contributed by atoms with Gasteiger partial charge in [-0.25, -0.2) is 8.78 Å². The molecular formula is C8H8F10O4S. The summed E-state index contributed by atoms with van der Waals surface area (Å²) in [6, 6.07) is 0. The van der Waals surface area contributed by atoms with Crippen molar-refractivity contribution in [3.05, 3.63) is 0 Å². The lowest BCUT2D eigenvalue weighted by Gasteiger charge is -2.36. The lowest BCUT2D eigenvalue weighted by molar-refractivity contribution is -0.448. The Morgan fingerprint density at radius 1 is 0.870 bits per heavy atom. The molecule has 1 unspecified atom stereocenters. The van der Waals surface area contributed by atoms with Crippen molar-refractivity contribution in [2.75, 3.05) is 13.8 Å². The summed E-state index contributed by atoms with van der Waals surface area (Å²) in [5.41, 5.74) is 0. The Kier molecular flexibility index (Phi) is 5.70. The summed E-state index contributed by atoms with van der Waals surface area (Å²) in [6.07, 6.45) is -6.71. The molecule has 0 N–H and O–H groups in total. The second-order valence-corrected chi connectivity index (χ2v) is 5.89. The summed E-state index contributed by atoms with van der Waals surface area (Å²) < 4.78 is 156. The second kappa shape index (κ2) is 5.91. The van der Waals surface area contributed by atoms with E-state index in [9.17, 15) is 52.3 Å². The van der Waals surface area contributed by atoms with Gasteiger partial charge in [-0.1, -0.05) is 0 Å². The molecule has 0 aliphatic carbocycles. The lowest BCUT2D eigenvalue weighted by atomic mass is 10.1. The van der Waals surface area contributed by atoms with Gasteiger partial charge in [0.2, 0.25) is 5.85 Å². The van der Waals surface area contributed by atoms with Gasteiger partial charge in [0.15, 0.2) is 0 Å². The molecule has 0 aromatic carbocycles. The summed E-state index contributed by atoms with van der Waals surface area (Å²) in [5, 5.41) is -6.85. The van der Waals surface area contributed by atoms with Crippen molar-refractivity contribution in [2.24, 2.45) is 0 Å². The first kappa shape index (κ1) is 22.2. The molecule has 0 saturated carbocycles. The third kappa shape index (κ3) is 3.50. The summed E-state index contributed by atoms with van der Waals surface area (Å²) in [7, 11) is -6.90. The first-order chi connectivity index (χ1) is 9.83. The number of alkyl halides is 10. The predicted octanol–water partition coefficient (Wildman–Crippen LogP) is 3.09. The zero-order valence-corrected chi connectivity index (χ0v) is 11.8. The molecule has 0 bridgehead atoms. The van der Waals surface area contributed by atoms with E-state index in [1.807, 2.05) is 0 Å². The first-order valence-corrected chi connectivity index (χ1v) is 6.50. The van der Waals surface area contributed by atoms with E-state index < -0.39 is 45.9 Å². The van der Waals surface area contributed by atoms with Crippen LogP contribution in [0.2, 0.25) is 0 Å². The Hall–Kier alpha value is -0.830. The summed E-state index contributed by atoms with van der Waals surface area (Å²) in [6.45, 7) is -2.75. The molecule has 0 aliphatic heterocycles. The van der Waals surface area contributed by atoms with Gasteiger partial charge >= 0.3 is 33.3 Å². The van der Waals surface area contributed by atoms with Crippen molar-refractivity contribution < 1.29 is 61.2 Å². The van der Waals surface area contributed by atoms with Crippen LogP contribution in [0.5, 0.6) is 0 Å². The molecule has 140 valence electrons. The number of hydrogen-bond donors (Lipinski definition) is 0. The Morgan fingerprint density at radius 2 is 1.26 bits per heavy atom. The highest BCUT2D eigenvalue weighted by Gasteiger charge is 2.86. The van der Waals surface area contributed by atoms with E-state index in [1.165, 1.54) is 0 Å². The van der Waals surface area contributed by atoms with Gasteiger partial charge in [-0.15, -0.1) is 0 Å². The fourth-order valence-electron chi connectivity index (χ4n) is 0.986. The maximum absolute atomic E-state index is 13.1. The van der Waals surface area contributed by atoms with E-state index in [2.05, 4.69) is 8.92 Å². The van der Waals surface area contributed by atoms with Crippen LogP contribution in [0.1, 0.15) is 6.92 Å². The summed E-state index contributed by atoms with van der Waals surface area (Å²) in [5.74, 6) is -18.8. The molecule has 0 fully saturated rings. The second-order valence-electron chi connectivity index (χ2n) is 4.14. The minimum Gasteiger partial charge on any atom is -0.275 e. The predicted molar refractivity (Wildman–Crippen MR) is 52.3 cm³/mol. The average molecular weight is 390 g/mol. The SMILES string of the molecule is COS(=O)(=O)C(F)(F)C(F)(F)C(F)(F)C(F)(F)OC(C)(F)CF. The Balaban J connectivity index is 6.07. The van der Waals surface area contributed by atoms with Crippen LogP contribution < -0.4 is 0 Å². The van der Waals surface area contributed by atoms with Crippen LogP contribution in [-0.4, -0.2) is 51.3 Å². The average Bonchev–Trinajstić information content (AvgIpc) is 2.36. The van der Waals surface area contributed by atoms with Crippen LogP contribution in [0.25, 0.3) is 0 Å². The van der Waals surface area contributed by atoms with Gasteiger partial charge in [-0.2, -0.15) is 43.5 Å². The molecule has 0 radical (unpaired) electrons. The molecule has 0 aromatic rings. The standard InChI is InChI=1S/C8H8F10O4S/c1-4(10,3-9)22-7(15,16)5(11,12)6(13,14)8(17,18)23(19,20)21-2/h3H2,1-2H3. The number of hydrogen-bond acceptors (Lipinski definition) is 4. The highest BCUT2D eigenvalue weighted by Crippen LogP contribution is 2.55. The maximum Gasteiger partial charge on any atom is 0.438 e. The molecule has 0 spiro atoms. The monoisotopic (exact) mass is 390 g/mol. The van der Waals surface area contributed by atoms with Gasteiger partial charge in [-0.3, -0.25) is 8.92 Å². The fourth-order valence-corrected chi connectivity index (χ4v) is 1.64. The van der Waals surface area contributed by atoms with Crippen LogP contribution in [0.4, 0.5) is 43.9 Å². The Labute approximate surface area is 122 Å². The topological polar surface area (TPSA) is 52.6 Å².